The fourth-order valence-corrected chi connectivity index (χ4v) is 10.1. The molecule has 2 heterocycles. The molecule has 58 heavy (non-hydrogen) atoms. The van der Waals surface area contributed by atoms with Gasteiger partial charge in [-0.05, 0) is 99.1 Å². The number of hydrogen-bond donors (Lipinski definition) is 0. The fourth-order valence-electron chi connectivity index (χ4n) is 10.1. The Morgan fingerprint density at radius 3 is 1.98 bits per heavy atom. The zero-order valence-corrected chi connectivity index (χ0v) is 32.3. The van der Waals surface area contributed by atoms with Crippen LogP contribution in [0.3, 0.4) is 0 Å². The number of anilines is 3. The molecule has 2 aromatic heterocycles. The number of para-hydroxylation sites is 3. The van der Waals surface area contributed by atoms with Gasteiger partial charge in [-0.3, -0.25) is 0 Å². The number of allylic oxidation sites excluding steroid dienone is 4. The van der Waals surface area contributed by atoms with Crippen LogP contribution in [0.2, 0.25) is 0 Å². The van der Waals surface area contributed by atoms with Crippen LogP contribution in [0.15, 0.2) is 197 Å². The first-order valence-electron chi connectivity index (χ1n) is 20.2. The van der Waals surface area contributed by atoms with Crippen LogP contribution in [0.4, 0.5) is 17.1 Å². The molecule has 2 aliphatic carbocycles. The first-order chi connectivity index (χ1) is 28.5. The summed E-state index contributed by atoms with van der Waals surface area (Å²) < 4.78 is 13.1. The number of benzene rings is 8. The largest absolute Gasteiger partial charge is 0.456 e. The van der Waals surface area contributed by atoms with E-state index in [1.54, 1.807) is 0 Å². The minimum absolute atomic E-state index is 0.0460. The fraction of sp³-hybridized carbons (Fsp3) is 0.0909. The second-order valence-electron chi connectivity index (χ2n) is 16.5. The van der Waals surface area contributed by atoms with Gasteiger partial charge in [0.2, 0.25) is 0 Å². The lowest BCUT2D eigenvalue weighted by molar-refractivity contribution is 0.394. The highest BCUT2D eigenvalue weighted by Crippen LogP contribution is 2.54. The standard InChI is InChI=1S/C55H39NO2/c1-55(2)49-21-10-8-16-41(49)42-29-25-35(31-50(42)55)46-33-48-45-20-12-19-39(53(45)58-54(48)44-18-7-6-15-40(44)46)34-23-26-37(27-24-34)56(36-13-4-3-5-14-36)38-28-30-52-47(32-38)43-17-9-11-22-51(43)57-52/h3-33,41,49H,1-2H3. The lowest BCUT2D eigenvalue weighted by atomic mass is 9.74. The van der Waals surface area contributed by atoms with E-state index in [1.807, 2.05) is 12.1 Å². The monoisotopic (exact) mass is 745 g/mol. The summed E-state index contributed by atoms with van der Waals surface area (Å²) in [7, 11) is 0. The molecule has 0 fully saturated rings. The summed E-state index contributed by atoms with van der Waals surface area (Å²) in [5, 5.41) is 6.82. The molecular weight excluding hydrogens is 707 g/mol. The third-order valence-electron chi connectivity index (χ3n) is 13.0. The highest BCUT2D eigenvalue weighted by Gasteiger charge is 2.44. The van der Waals surface area contributed by atoms with Crippen molar-refractivity contribution in [3.8, 4) is 22.3 Å². The van der Waals surface area contributed by atoms with E-state index >= 15 is 0 Å². The van der Waals surface area contributed by atoms with Crippen molar-refractivity contribution in [2.45, 2.75) is 25.2 Å². The summed E-state index contributed by atoms with van der Waals surface area (Å²) in [6.07, 6.45) is 9.20. The first kappa shape index (κ1) is 33.1. The van der Waals surface area contributed by atoms with Crippen molar-refractivity contribution in [1.29, 1.82) is 0 Å². The Hall–Kier alpha value is -7.10. The van der Waals surface area contributed by atoms with Gasteiger partial charge in [0, 0.05) is 55.5 Å². The van der Waals surface area contributed by atoms with Crippen LogP contribution in [0.5, 0.6) is 0 Å². The maximum Gasteiger partial charge on any atom is 0.143 e. The van der Waals surface area contributed by atoms with Gasteiger partial charge in [-0.1, -0.05) is 147 Å². The van der Waals surface area contributed by atoms with Gasteiger partial charge in [-0.25, -0.2) is 0 Å². The van der Waals surface area contributed by atoms with Crippen molar-refractivity contribution < 1.29 is 8.83 Å². The molecule has 0 saturated carbocycles. The van der Waals surface area contributed by atoms with Gasteiger partial charge in [0.15, 0.2) is 0 Å². The molecule has 0 amide bonds. The molecule has 3 nitrogen and oxygen atoms in total. The number of rotatable bonds is 5. The zero-order chi connectivity index (χ0) is 38.5. The Bertz CT molecular complexity index is 3320. The maximum atomic E-state index is 6.96. The highest BCUT2D eigenvalue weighted by atomic mass is 16.3. The predicted octanol–water partition coefficient (Wildman–Crippen LogP) is 15.6. The van der Waals surface area contributed by atoms with Gasteiger partial charge >= 0.3 is 0 Å². The van der Waals surface area contributed by atoms with E-state index in [-0.39, 0.29) is 5.41 Å². The maximum absolute atomic E-state index is 6.96. The quantitative estimate of drug-likeness (QED) is 0.176. The molecule has 276 valence electrons. The summed E-state index contributed by atoms with van der Waals surface area (Å²) in [5.41, 5.74) is 14.5. The van der Waals surface area contributed by atoms with E-state index < -0.39 is 0 Å². The Morgan fingerprint density at radius 2 is 1.12 bits per heavy atom. The normalized spacial score (nSPS) is 16.8. The zero-order valence-electron chi connectivity index (χ0n) is 32.3. The molecule has 2 unspecified atom stereocenters. The van der Waals surface area contributed by atoms with E-state index in [9.17, 15) is 0 Å². The molecule has 0 spiro atoms. The van der Waals surface area contributed by atoms with Crippen LogP contribution in [0, 0.1) is 5.92 Å². The second kappa shape index (κ2) is 12.4. The van der Waals surface area contributed by atoms with Gasteiger partial charge < -0.3 is 13.7 Å². The van der Waals surface area contributed by atoms with Crippen LogP contribution in [0.1, 0.15) is 30.9 Å². The average molecular weight is 746 g/mol. The Kier molecular flexibility index (Phi) is 7.10. The first-order valence-corrected chi connectivity index (χ1v) is 20.2. The number of nitrogens with zero attached hydrogens (tertiary/aromatic N) is 1. The summed E-state index contributed by atoms with van der Waals surface area (Å²) >= 11 is 0. The van der Waals surface area contributed by atoms with Crippen LogP contribution >= 0.6 is 0 Å². The van der Waals surface area contributed by atoms with Crippen LogP contribution in [-0.2, 0) is 5.41 Å². The van der Waals surface area contributed by atoms with E-state index in [2.05, 4.69) is 195 Å². The van der Waals surface area contributed by atoms with Gasteiger partial charge in [0.05, 0.1) is 0 Å². The molecule has 8 aromatic carbocycles. The van der Waals surface area contributed by atoms with Gasteiger partial charge in [-0.15, -0.1) is 0 Å². The van der Waals surface area contributed by atoms with E-state index in [1.165, 1.54) is 27.6 Å². The molecule has 12 rings (SSSR count). The summed E-state index contributed by atoms with van der Waals surface area (Å²) in [6.45, 7) is 4.81. The van der Waals surface area contributed by atoms with Crippen molar-refractivity contribution in [2.24, 2.45) is 5.92 Å². The summed E-state index contributed by atoms with van der Waals surface area (Å²) in [5.74, 6) is 0.906. The van der Waals surface area contributed by atoms with E-state index in [0.29, 0.717) is 11.8 Å². The summed E-state index contributed by atoms with van der Waals surface area (Å²) in [4.78, 5) is 2.31. The average Bonchev–Trinajstić information content (AvgIpc) is 3.92. The lowest BCUT2D eigenvalue weighted by Gasteiger charge is -2.29. The molecular formula is C55H39NO2. The molecule has 2 aliphatic rings. The third kappa shape index (κ3) is 4.86. The molecule has 0 N–H and O–H groups in total. The number of fused-ring (bicyclic) bond motifs is 11. The number of hydrogen-bond acceptors (Lipinski definition) is 3. The van der Waals surface area contributed by atoms with Crippen LogP contribution in [-0.4, -0.2) is 0 Å². The molecule has 0 radical (unpaired) electrons. The van der Waals surface area contributed by atoms with Crippen molar-refractivity contribution in [3.05, 3.63) is 199 Å². The van der Waals surface area contributed by atoms with Gasteiger partial charge in [-0.2, -0.15) is 0 Å². The van der Waals surface area contributed by atoms with Crippen LogP contribution < -0.4 is 4.90 Å². The molecule has 3 heteroatoms. The second-order valence-corrected chi connectivity index (χ2v) is 16.5. The smallest absolute Gasteiger partial charge is 0.143 e. The van der Waals surface area contributed by atoms with Crippen molar-refractivity contribution in [1.82, 2.24) is 0 Å². The molecule has 0 bridgehead atoms. The Balaban J connectivity index is 0.973. The molecule has 0 aliphatic heterocycles. The van der Waals surface area contributed by atoms with Gasteiger partial charge in [0.1, 0.15) is 22.3 Å². The molecule has 2 atom stereocenters. The molecule has 0 saturated heterocycles. The SMILES string of the molecule is CC1(C)c2cc(-c3cc4c5cccc(-c6ccc(N(c7ccccc7)c7ccc8oc9ccccc9c8c7)cc6)c5oc4c4ccccc34)ccc2C2C=CC=CC21. The van der Waals surface area contributed by atoms with E-state index in [0.717, 1.165) is 77.5 Å². The van der Waals surface area contributed by atoms with E-state index in [4.69, 9.17) is 8.83 Å². The third-order valence-corrected chi connectivity index (χ3v) is 13.0. The van der Waals surface area contributed by atoms with Crippen molar-refractivity contribution >= 4 is 71.7 Å². The van der Waals surface area contributed by atoms with Crippen molar-refractivity contribution in [3.63, 3.8) is 0 Å². The van der Waals surface area contributed by atoms with Gasteiger partial charge in [0.25, 0.3) is 0 Å². The summed E-state index contributed by atoms with van der Waals surface area (Å²) in [6, 6.07) is 58.9. The number of furan rings is 2. The van der Waals surface area contributed by atoms with Crippen molar-refractivity contribution in [2.75, 3.05) is 4.90 Å². The predicted molar refractivity (Wildman–Crippen MR) is 242 cm³/mol. The highest BCUT2D eigenvalue weighted by molar-refractivity contribution is 6.20. The topological polar surface area (TPSA) is 29.5 Å². The lowest BCUT2D eigenvalue weighted by Crippen LogP contribution is -2.24. The minimum Gasteiger partial charge on any atom is -0.456 e. The Labute approximate surface area is 336 Å². The molecule has 10 aromatic rings. The van der Waals surface area contributed by atoms with Crippen LogP contribution in [0.25, 0.3) is 76.9 Å². The minimum atomic E-state index is 0.0460. The Morgan fingerprint density at radius 1 is 0.448 bits per heavy atom.